The third-order valence-electron chi connectivity index (χ3n) is 3.90. The third-order valence-corrected chi connectivity index (χ3v) is 4.14. The number of hydrogen-bond donors (Lipinski definition) is 0. The van der Waals surface area contributed by atoms with Gasteiger partial charge in [-0.2, -0.15) is 5.26 Å². The highest BCUT2D eigenvalue weighted by Crippen LogP contribution is 2.29. The van der Waals surface area contributed by atoms with Crippen molar-refractivity contribution in [2.75, 3.05) is 7.11 Å². The number of benzene rings is 2. The molecule has 0 unspecified atom stereocenters. The second kappa shape index (κ2) is 6.34. The first-order chi connectivity index (χ1) is 11.6. The summed E-state index contributed by atoms with van der Waals surface area (Å²) in [5.41, 5.74) is 1.91. The fourth-order valence-corrected chi connectivity index (χ4v) is 2.84. The van der Waals surface area contributed by atoms with Crippen LogP contribution in [-0.2, 0) is 7.05 Å². The van der Waals surface area contributed by atoms with Crippen LogP contribution < -0.4 is 4.74 Å². The quantitative estimate of drug-likeness (QED) is 0.679. The van der Waals surface area contributed by atoms with Crippen LogP contribution in [0.4, 0.5) is 0 Å². The molecule has 2 aromatic carbocycles. The molecule has 6 heteroatoms. The number of carbonyl (C=O) groups excluding carboxylic acids is 1. The second-order valence-corrected chi connectivity index (χ2v) is 5.73. The van der Waals surface area contributed by atoms with Gasteiger partial charge >= 0.3 is 0 Å². The first kappa shape index (κ1) is 16.0. The Bertz CT molecular complexity index is 972. The largest absolute Gasteiger partial charge is 0.496 e. The van der Waals surface area contributed by atoms with Crippen LogP contribution in [0.15, 0.2) is 42.5 Å². The third kappa shape index (κ3) is 2.61. The van der Waals surface area contributed by atoms with Crippen LogP contribution >= 0.6 is 11.6 Å². The number of carbonyl (C=O) groups is 1. The van der Waals surface area contributed by atoms with Crippen LogP contribution in [0.3, 0.4) is 0 Å². The first-order valence-corrected chi connectivity index (χ1v) is 7.63. The average Bonchev–Trinajstić information content (AvgIpc) is 2.92. The van der Waals surface area contributed by atoms with Gasteiger partial charge in [0, 0.05) is 12.1 Å². The van der Waals surface area contributed by atoms with Gasteiger partial charge in [-0.1, -0.05) is 23.7 Å². The van der Waals surface area contributed by atoms with Crippen molar-refractivity contribution in [2.24, 2.45) is 7.05 Å². The standard InChI is InChI=1S/C18H14ClN3O2/c1-22-15-6-4-3-5-14(15)21-18(22)13(10-20)17(23)12-8-7-11(19)9-16(12)24-2/h3-9,13H,1-2H3/t13-/m0/s1. The minimum Gasteiger partial charge on any atom is -0.496 e. The van der Waals surface area contributed by atoms with Crippen LogP contribution in [0.2, 0.25) is 5.02 Å². The summed E-state index contributed by atoms with van der Waals surface area (Å²) in [6, 6.07) is 14.3. The van der Waals surface area contributed by atoms with Crippen molar-refractivity contribution in [1.29, 1.82) is 5.26 Å². The molecule has 3 rings (SSSR count). The number of ether oxygens (including phenoxy) is 1. The number of aryl methyl sites for hydroxylation is 1. The minimum atomic E-state index is -1.03. The van der Waals surface area contributed by atoms with Crippen molar-refractivity contribution in [3.8, 4) is 11.8 Å². The van der Waals surface area contributed by atoms with E-state index >= 15 is 0 Å². The summed E-state index contributed by atoms with van der Waals surface area (Å²) in [6.45, 7) is 0. The lowest BCUT2D eigenvalue weighted by Gasteiger charge is -2.12. The number of ketones is 1. The Morgan fingerprint density at radius 1 is 1.33 bits per heavy atom. The highest BCUT2D eigenvalue weighted by molar-refractivity contribution is 6.31. The Morgan fingerprint density at radius 2 is 2.08 bits per heavy atom. The summed E-state index contributed by atoms with van der Waals surface area (Å²) in [5.74, 6) is -0.658. The van der Waals surface area contributed by atoms with Crippen LogP contribution in [0.25, 0.3) is 11.0 Å². The van der Waals surface area contributed by atoms with Gasteiger partial charge in [0.1, 0.15) is 11.6 Å². The van der Waals surface area contributed by atoms with E-state index in [0.29, 0.717) is 22.2 Å². The maximum Gasteiger partial charge on any atom is 0.191 e. The molecule has 0 N–H and O–H groups in total. The van der Waals surface area contributed by atoms with E-state index in [4.69, 9.17) is 16.3 Å². The number of aromatic nitrogens is 2. The highest BCUT2D eigenvalue weighted by Gasteiger charge is 2.29. The number of rotatable bonds is 4. The molecule has 1 aromatic heterocycles. The number of nitrogens with zero attached hydrogens (tertiary/aromatic N) is 3. The van der Waals surface area contributed by atoms with Crippen molar-refractivity contribution in [3.05, 3.63) is 58.9 Å². The van der Waals surface area contributed by atoms with Gasteiger partial charge in [-0.3, -0.25) is 4.79 Å². The van der Waals surface area contributed by atoms with Gasteiger partial charge in [0.2, 0.25) is 0 Å². The van der Waals surface area contributed by atoms with Crippen LogP contribution in [0, 0.1) is 11.3 Å². The molecule has 0 aliphatic heterocycles. The van der Waals surface area contributed by atoms with Crippen LogP contribution in [0.5, 0.6) is 5.75 Å². The Kier molecular flexibility index (Phi) is 4.24. The topological polar surface area (TPSA) is 67.9 Å². The van der Waals surface area contributed by atoms with E-state index in [1.165, 1.54) is 7.11 Å². The predicted molar refractivity (Wildman–Crippen MR) is 91.4 cm³/mol. The van der Waals surface area contributed by atoms with Gasteiger partial charge in [-0.15, -0.1) is 0 Å². The molecule has 0 radical (unpaired) electrons. The summed E-state index contributed by atoms with van der Waals surface area (Å²) >= 11 is 5.94. The maximum absolute atomic E-state index is 12.9. The molecule has 0 fully saturated rings. The molecule has 0 spiro atoms. The van der Waals surface area contributed by atoms with E-state index in [9.17, 15) is 10.1 Å². The summed E-state index contributed by atoms with van der Waals surface area (Å²) in [6.07, 6.45) is 0. The average molecular weight is 340 g/mol. The highest BCUT2D eigenvalue weighted by atomic mass is 35.5. The summed E-state index contributed by atoms with van der Waals surface area (Å²) in [7, 11) is 3.25. The monoisotopic (exact) mass is 339 g/mol. The van der Waals surface area contributed by atoms with Gasteiger partial charge in [0.25, 0.3) is 0 Å². The maximum atomic E-state index is 12.9. The number of methoxy groups -OCH3 is 1. The van der Waals surface area contributed by atoms with Crippen molar-refractivity contribution < 1.29 is 9.53 Å². The molecule has 1 atom stereocenters. The Labute approximate surface area is 144 Å². The lowest BCUT2D eigenvalue weighted by atomic mass is 9.97. The molecule has 120 valence electrons. The number of halogens is 1. The van der Waals surface area contributed by atoms with Gasteiger partial charge in [0.15, 0.2) is 11.7 Å². The number of fused-ring (bicyclic) bond motifs is 1. The zero-order chi connectivity index (χ0) is 17.3. The zero-order valence-electron chi connectivity index (χ0n) is 13.2. The molecule has 0 bridgehead atoms. The molecular weight excluding hydrogens is 326 g/mol. The van der Waals surface area contributed by atoms with E-state index in [1.807, 2.05) is 24.3 Å². The minimum absolute atomic E-state index is 0.306. The second-order valence-electron chi connectivity index (χ2n) is 5.29. The molecular formula is C18H14ClN3O2. The SMILES string of the molecule is COc1cc(Cl)ccc1C(=O)[C@H](C#N)c1nc2ccccc2n1C. The fourth-order valence-electron chi connectivity index (χ4n) is 2.68. The normalized spacial score (nSPS) is 11.9. The van der Waals surface area contributed by atoms with E-state index in [0.717, 1.165) is 11.0 Å². The molecule has 5 nitrogen and oxygen atoms in total. The van der Waals surface area contributed by atoms with E-state index < -0.39 is 5.92 Å². The van der Waals surface area contributed by atoms with E-state index in [-0.39, 0.29) is 5.78 Å². The van der Waals surface area contributed by atoms with Gasteiger partial charge < -0.3 is 9.30 Å². The lowest BCUT2D eigenvalue weighted by molar-refractivity contribution is 0.0972. The van der Waals surface area contributed by atoms with Crippen molar-refractivity contribution >= 4 is 28.4 Å². The Morgan fingerprint density at radius 3 is 2.75 bits per heavy atom. The van der Waals surface area contributed by atoms with Gasteiger partial charge in [0.05, 0.1) is 29.8 Å². The molecule has 0 amide bonds. The molecule has 0 saturated carbocycles. The molecule has 0 aliphatic carbocycles. The van der Waals surface area contributed by atoms with Gasteiger partial charge in [-0.05, 0) is 30.3 Å². The number of Topliss-reactive ketones (excluding diaryl/α,β-unsaturated/α-hetero) is 1. The summed E-state index contributed by atoms with van der Waals surface area (Å²) < 4.78 is 6.99. The molecule has 24 heavy (non-hydrogen) atoms. The molecule has 0 saturated heterocycles. The number of imidazole rings is 1. The number of nitriles is 1. The molecule has 1 heterocycles. The van der Waals surface area contributed by atoms with Crippen LogP contribution in [-0.4, -0.2) is 22.4 Å². The van der Waals surface area contributed by atoms with Gasteiger partial charge in [-0.25, -0.2) is 4.98 Å². The predicted octanol–water partition coefficient (Wildman–Crippen LogP) is 3.73. The number of hydrogen-bond acceptors (Lipinski definition) is 4. The van der Waals surface area contributed by atoms with E-state index in [1.54, 1.807) is 29.8 Å². The summed E-state index contributed by atoms with van der Waals surface area (Å²) in [4.78, 5) is 17.4. The summed E-state index contributed by atoms with van der Waals surface area (Å²) in [5, 5.41) is 10.0. The molecule has 0 aliphatic rings. The number of para-hydroxylation sites is 2. The Balaban J connectivity index is 2.10. The lowest BCUT2D eigenvalue weighted by Crippen LogP contribution is -2.16. The molecule has 3 aromatic rings. The van der Waals surface area contributed by atoms with E-state index in [2.05, 4.69) is 11.1 Å². The van der Waals surface area contributed by atoms with Crippen molar-refractivity contribution in [2.45, 2.75) is 5.92 Å². The fraction of sp³-hybridized carbons (Fsp3) is 0.167. The zero-order valence-corrected chi connectivity index (χ0v) is 13.9. The first-order valence-electron chi connectivity index (χ1n) is 7.25. The smallest absolute Gasteiger partial charge is 0.191 e. The van der Waals surface area contributed by atoms with Crippen molar-refractivity contribution in [3.63, 3.8) is 0 Å². The van der Waals surface area contributed by atoms with Crippen LogP contribution in [0.1, 0.15) is 22.1 Å². The van der Waals surface area contributed by atoms with Crippen molar-refractivity contribution in [1.82, 2.24) is 9.55 Å². The Hall–Kier alpha value is -2.84.